The van der Waals surface area contributed by atoms with Gasteiger partial charge in [-0.1, -0.05) is 6.07 Å². The fourth-order valence-corrected chi connectivity index (χ4v) is 1.83. The highest BCUT2D eigenvalue weighted by atomic mass is 79.9. The normalized spacial score (nSPS) is 10.3. The largest absolute Gasteiger partial charge is 0.492 e. The third kappa shape index (κ3) is 3.20. The van der Waals surface area contributed by atoms with Gasteiger partial charge in [0, 0.05) is 12.3 Å². The van der Waals surface area contributed by atoms with Gasteiger partial charge in [0.1, 0.15) is 18.2 Å². The average Bonchev–Trinajstić information content (AvgIpc) is 2.36. The lowest BCUT2D eigenvalue weighted by Gasteiger charge is -2.08. The molecule has 0 spiro atoms. The smallest absolute Gasteiger partial charge is 0.250 e. The summed E-state index contributed by atoms with van der Waals surface area (Å²) in [7, 11) is 0. The van der Waals surface area contributed by atoms with Crippen LogP contribution < -0.4 is 10.3 Å². The Kier molecular flexibility index (Phi) is 4.15. The Morgan fingerprint density at radius 2 is 2.11 bits per heavy atom. The molecule has 0 fully saturated rings. The van der Waals surface area contributed by atoms with Crippen LogP contribution in [0.3, 0.4) is 0 Å². The van der Waals surface area contributed by atoms with E-state index in [-0.39, 0.29) is 11.4 Å². The van der Waals surface area contributed by atoms with Crippen LogP contribution in [-0.4, -0.2) is 11.2 Å². The quantitative estimate of drug-likeness (QED) is 0.869. The first-order chi connectivity index (χ1) is 8.66. The van der Waals surface area contributed by atoms with Crippen LogP contribution in [0, 0.1) is 5.82 Å². The topological polar surface area (TPSA) is 31.2 Å². The van der Waals surface area contributed by atoms with E-state index in [1.165, 1.54) is 12.1 Å². The van der Waals surface area contributed by atoms with E-state index < -0.39 is 0 Å². The molecular weight excluding hydrogens is 301 g/mol. The maximum absolute atomic E-state index is 13.0. The Morgan fingerprint density at radius 1 is 1.28 bits per heavy atom. The first kappa shape index (κ1) is 12.8. The minimum Gasteiger partial charge on any atom is -0.492 e. The lowest BCUT2D eigenvalue weighted by molar-refractivity contribution is 0.295. The van der Waals surface area contributed by atoms with Crippen molar-refractivity contribution in [2.45, 2.75) is 6.54 Å². The van der Waals surface area contributed by atoms with Crippen molar-refractivity contribution in [1.82, 2.24) is 4.57 Å². The van der Waals surface area contributed by atoms with Crippen LogP contribution in [0.15, 0.2) is 51.9 Å². The van der Waals surface area contributed by atoms with Crippen LogP contribution in [0.4, 0.5) is 4.39 Å². The molecule has 18 heavy (non-hydrogen) atoms. The number of pyridine rings is 1. The molecule has 0 saturated heterocycles. The number of aromatic nitrogens is 1. The Morgan fingerprint density at radius 3 is 2.83 bits per heavy atom. The first-order valence-electron chi connectivity index (χ1n) is 5.40. The molecule has 0 atom stereocenters. The maximum atomic E-state index is 13.0. The Bertz CT molecular complexity index is 598. The Labute approximate surface area is 112 Å². The third-order valence-electron chi connectivity index (χ3n) is 2.39. The molecule has 2 aromatic rings. The number of rotatable bonds is 4. The zero-order valence-corrected chi connectivity index (χ0v) is 11.1. The fourth-order valence-electron chi connectivity index (χ4n) is 1.47. The van der Waals surface area contributed by atoms with Crippen molar-refractivity contribution in [3.63, 3.8) is 0 Å². The van der Waals surface area contributed by atoms with Gasteiger partial charge in [0.15, 0.2) is 0 Å². The van der Waals surface area contributed by atoms with Crippen molar-refractivity contribution >= 4 is 15.9 Å². The second-order valence-corrected chi connectivity index (χ2v) is 4.51. The van der Waals surface area contributed by atoms with Crippen LogP contribution in [0.5, 0.6) is 5.75 Å². The molecule has 1 aromatic carbocycles. The van der Waals surface area contributed by atoms with E-state index in [0.29, 0.717) is 23.4 Å². The van der Waals surface area contributed by atoms with Gasteiger partial charge in [-0.2, -0.15) is 0 Å². The molecule has 0 bridgehead atoms. The summed E-state index contributed by atoms with van der Waals surface area (Å²) in [4.78, 5) is 11.4. The van der Waals surface area contributed by atoms with E-state index >= 15 is 0 Å². The van der Waals surface area contributed by atoms with Gasteiger partial charge >= 0.3 is 0 Å². The lowest BCUT2D eigenvalue weighted by atomic mass is 10.3. The molecule has 2 rings (SSSR count). The molecule has 0 radical (unpaired) electrons. The molecule has 5 heteroatoms. The highest BCUT2D eigenvalue weighted by Crippen LogP contribution is 2.21. The highest BCUT2D eigenvalue weighted by molar-refractivity contribution is 9.10. The van der Waals surface area contributed by atoms with Gasteiger partial charge in [-0.05, 0) is 40.2 Å². The monoisotopic (exact) mass is 311 g/mol. The molecule has 94 valence electrons. The average molecular weight is 312 g/mol. The second-order valence-electron chi connectivity index (χ2n) is 3.66. The van der Waals surface area contributed by atoms with Crippen LogP contribution in [0.2, 0.25) is 0 Å². The molecule has 1 aromatic heterocycles. The van der Waals surface area contributed by atoms with E-state index in [0.717, 1.165) is 0 Å². The summed E-state index contributed by atoms with van der Waals surface area (Å²) >= 11 is 3.08. The van der Waals surface area contributed by atoms with Crippen molar-refractivity contribution < 1.29 is 9.13 Å². The fraction of sp³-hybridized carbons (Fsp3) is 0.154. The first-order valence-corrected chi connectivity index (χ1v) is 6.19. The van der Waals surface area contributed by atoms with Gasteiger partial charge in [0.2, 0.25) is 0 Å². The number of benzene rings is 1. The summed E-state index contributed by atoms with van der Waals surface area (Å²) in [5.74, 6) is 0.230. The van der Waals surface area contributed by atoms with Crippen molar-refractivity contribution in [2.24, 2.45) is 0 Å². The number of ether oxygens (including phenoxy) is 1. The molecule has 0 amide bonds. The summed E-state index contributed by atoms with van der Waals surface area (Å²) < 4.78 is 20.3. The summed E-state index contributed by atoms with van der Waals surface area (Å²) in [5.41, 5.74) is -0.0682. The minimum absolute atomic E-state index is 0.0682. The highest BCUT2D eigenvalue weighted by Gasteiger charge is 2.01. The molecule has 0 N–H and O–H groups in total. The van der Waals surface area contributed by atoms with Crippen molar-refractivity contribution in [3.8, 4) is 5.75 Å². The van der Waals surface area contributed by atoms with Crippen molar-refractivity contribution in [2.75, 3.05) is 6.61 Å². The zero-order chi connectivity index (χ0) is 13.0. The number of hydrogen-bond acceptors (Lipinski definition) is 2. The summed E-state index contributed by atoms with van der Waals surface area (Å²) in [6.07, 6.45) is 1.70. The molecule has 0 saturated carbocycles. The number of nitrogens with zero attached hydrogens (tertiary/aromatic N) is 1. The summed E-state index contributed by atoms with van der Waals surface area (Å²) in [6.45, 7) is 0.802. The minimum atomic E-state index is -0.332. The maximum Gasteiger partial charge on any atom is 0.250 e. The molecule has 0 aliphatic heterocycles. The van der Waals surface area contributed by atoms with E-state index in [2.05, 4.69) is 15.9 Å². The lowest BCUT2D eigenvalue weighted by Crippen LogP contribution is -2.21. The van der Waals surface area contributed by atoms with Crippen LogP contribution in [-0.2, 0) is 6.54 Å². The molecule has 3 nitrogen and oxygen atoms in total. The molecule has 0 unspecified atom stereocenters. The van der Waals surface area contributed by atoms with E-state index in [4.69, 9.17) is 4.74 Å². The standard InChI is InChI=1S/C13H11BrFNO2/c14-11-9-10(4-5-12(11)15)18-8-7-16-6-2-1-3-13(16)17/h1-6,9H,7-8H2. The predicted octanol–water partition coefficient (Wildman–Crippen LogP) is 2.83. The molecule has 0 aliphatic rings. The predicted molar refractivity (Wildman–Crippen MR) is 70.3 cm³/mol. The second kappa shape index (κ2) is 5.82. The molecule has 0 aliphatic carbocycles. The van der Waals surface area contributed by atoms with Gasteiger partial charge < -0.3 is 9.30 Å². The summed E-state index contributed by atoms with van der Waals surface area (Å²) in [5, 5.41) is 0. The molecular formula is C13H11BrFNO2. The molecule has 1 heterocycles. The Hall–Kier alpha value is -1.62. The van der Waals surface area contributed by atoms with Crippen LogP contribution in [0.25, 0.3) is 0 Å². The van der Waals surface area contributed by atoms with Crippen molar-refractivity contribution in [3.05, 3.63) is 63.2 Å². The van der Waals surface area contributed by atoms with E-state index in [1.54, 1.807) is 35.0 Å². The van der Waals surface area contributed by atoms with Gasteiger partial charge in [-0.15, -0.1) is 0 Å². The zero-order valence-electron chi connectivity index (χ0n) is 9.48. The van der Waals surface area contributed by atoms with E-state index in [9.17, 15) is 9.18 Å². The van der Waals surface area contributed by atoms with Gasteiger partial charge in [0.05, 0.1) is 11.0 Å². The summed E-state index contributed by atoms with van der Waals surface area (Å²) in [6, 6.07) is 9.41. The third-order valence-corrected chi connectivity index (χ3v) is 3.00. The van der Waals surface area contributed by atoms with Crippen molar-refractivity contribution in [1.29, 1.82) is 0 Å². The number of halogens is 2. The number of hydrogen-bond donors (Lipinski definition) is 0. The Balaban J connectivity index is 1.95. The van der Waals surface area contributed by atoms with E-state index in [1.807, 2.05) is 0 Å². The van der Waals surface area contributed by atoms with Gasteiger partial charge in [0.25, 0.3) is 5.56 Å². The van der Waals surface area contributed by atoms with Gasteiger partial charge in [-0.3, -0.25) is 4.79 Å². The van der Waals surface area contributed by atoms with Crippen LogP contribution >= 0.6 is 15.9 Å². The SMILES string of the molecule is O=c1ccccn1CCOc1ccc(F)c(Br)c1. The van der Waals surface area contributed by atoms with Gasteiger partial charge in [-0.25, -0.2) is 4.39 Å². The van der Waals surface area contributed by atoms with Crippen LogP contribution in [0.1, 0.15) is 0 Å².